The molecule has 0 aliphatic rings. The van der Waals surface area contributed by atoms with Crippen molar-refractivity contribution in [2.45, 2.75) is 6.18 Å². The Bertz CT molecular complexity index is 976. The fourth-order valence-electron chi connectivity index (χ4n) is 2.07. The van der Waals surface area contributed by atoms with E-state index in [0.29, 0.717) is 0 Å². The van der Waals surface area contributed by atoms with Gasteiger partial charge in [0.1, 0.15) is 0 Å². The molecule has 1 N–H and O–H groups in total. The number of halogens is 4. The topological polar surface area (TPSA) is 98.5 Å². The van der Waals surface area contributed by atoms with Crippen molar-refractivity contribution < 1.29 is 32.4 Å². The lowest BCUT2D eigenvalue weighted by atomic mass is 10.1. The maximum absolute atomic E-state index is 12.6. The zero-order valence-corrected chi connectivity index (χ0v) is 16.0. The molecule has 0 aliphatic carbocycles. The summed E-state index contributed by atoms with van der Waals surface area (Å²) >= 11 is 3.08. The number of nitrogens with one attached hydrogen (secondary N) is 1. The van der Waals surface area contributed by atoms with Crippen LogP contribution in [0.4, 0.5) is 24.5 Å². The second-order valence-corrected chi connectivity index (χ2v) is 6.39. The number of anilines is 1. The van der Waals surface area contributed by atoms with Crippen molar-refractivity contribution in [1.82, 2.24) is 0 Å². The van der Waals surface area contributed by atoms with Crippen LogP contribution in [0.2, 0.25) is 0 Å². The van der Waals surface area contributed by atoms with Crippen molar-refractivity contribution >= 4 is 45.3 Å². The van der Waals surface area contributed by atoms with E-state index in [4.69, 9.17) is 4.74 Å². The lowest BCUT2D eigenvalue weighted by molar-refractivity contribution is -0.384. The number of hydrogen-bond acceptors (Lipinski definition) is 5. The molecular weight excluding hydrogens is 461 g/mol. The van der Waals surface area contributed by atoms with E-state index < -0.39 is 35.1 Å². The molecule has 0 heterocycles. The van der Waals surface area contributed by atoms with E-state index >= 15 is 0 Å². The summed E-state index contributed by atoms with van der Waals surface area (Å²) in [5.74, 6) is -1.64. The van der Waals surface area contributed by atoms with E-state index in [1.807, 2.05) is 0 Å². The molecule has 0 aliphatic heterocycles. The highest BCUT2D eigenvalue weighted by atomic mass is 79.9. The first-order valence-electron chi connectivity index (χ1n) is 7.82. The molecule has 2 rings (SSSR count). The van der Waals surface area contributed by atoms with Gasteiger partial charge in [-0.25, -0.2) is 4.79 Å². The number of nitro groups is 1. The monoisotopic (exact) mass is 472 g/mol. The van der Waals surface area contributed by atoms with Gasteiger partial charge in [0.2, 0.25) is 0 Å². The molecule has 1 amide bonds. The minimum atomic E-state index is -4.51. The van der Waals surface area contributed by atoms with Gasteiger partial charge in [0.25, 0.3) is 11.6 Å². The number of esters is 1. The Morgan fingerprint density at radius 2 is 1.93 bits per heavy atom. The van der Waals surface area contributed by atoms with Crippen LogP contribution in [0.1, 0.15) is 11.1 Å². The molecule has 0 unspecified atom stereocenters. The lowest BCUT2D eigenvalue weighted by Crippen LogP contribution is -2.20. The number of benzene rings is 2. The lowest BCUT2D eigenvalue weighted by Gasteiger charge is -2.07. The number of alkyl halides is 3. The Labute approximate surface area is 170 Å². The van der Waals surface area contributed by atoms with E-state index in [0.717, 1.165) is 24.3 Å². The average molecular weight is 473 g/mol. The van der Waals surface area contributed by atoms with Gasteiger partial charge in [-0.3, -0.25) is 14.9 Å². The van der Waals surface area contributed by atoms with Crippen molar-refractivity contribution in [1.29, 1.82) is 0 Å². The van der Waals surface area contributed by atoms with E-state index in [-0.39, 0.29) is 21.4 Å². The van der Waals surface area contributed by atoms with Crippen LogP contribution < -0.4 is 5.32 Å². The molecule has 7 nitrogen and oxygen atoms in total. The number of amides is 1. The van der Waals surface area contributed by atoms with Crippen molar-refractivity contribution in [3.8, 4) is 0 Å². The van der Waals surface area contributed by atoms with E-state index in [1.54, 1.807) is 0 Å². The molecule has 0 saturated heterocycles. The van der Waals surface area contributed by atoms with Gasteiger partial charge in [-0.1, -0.05) is 12.1 Å². The minimum Gasteiger partial charge on any atom is -0.452 e. The van der Waals surface area contributed by atoms with Crippen LogP contribution in [0.3, 0.4) is 0 Å². The van der Waals surface area contributed by atoms with E-state index in [1.165, 1.54) is 30.3 Å². The van der Waals surface area contributed by atoms with Gasteiger partial charge in [-0.15, -0.1) is 0 Å². The molecule has 29 heavy (non-hydrogen) atoms. The minimum absolute atomic E-state index is 0.135. The van der Waals surface area contributed by atoms with Gasteiger partial charge < -0.3 is 10.1 Å². The molecular formula is C18H12BrF3N2O5. The Kier molecular flexibility index (Phi) is 7.10. The highest BCUT2D eigenvalue weighted by molar-refractivity contribution is 9.10. The molecule has 11 heteroatoms. The fourth-order valence-corrected chi connectivity index (χ4v) is 2.54. The van der Waals surface area contributed by atoms with Crippen molar-refractivity contribution in [3.05, 3.63) is 74.3 Å². The molecule has 0 atom stereocenters. The Balaban J connectivity index is 1.90. The molecule has 2 aromatic rings. The second-order valence-electron chi connectivity index (χ2n) is 5.53. The summed E-state index contributed by atoms with van der Waals surface area (Å²) in [6.45, 7) is -0.658. The zero-order chi connectivity index (χ0) is 21.6. The third-order valence-corrected chi connectivity index (χ3v) is 4.07. The SMILES string of the molecule is O=C(COC(=O)/C=C/c1cccc(C(F)(F)F)c1)Nc1ccc([N+](=O)[O-])cc1Br. The number of rotatable bonds is 6. The van der Waals surface area contributed by atoms with E-state index in [2.05, 4.69) is 21.2 Å². The number of ether oxygens (including phenoxy) is 1. The van der Waals surface area contributed by atoms with Gasteiger partial charge in [-0.05, 0) is 45.8 Å². The summed E-state index contributed by atoms with van der Waals surface area (Å²) in [5, 5.41) is 13.1. The number of carbonyl (C=O) groups is 2. The van der Waals surface area contributed by atoms with Gasteiger partial charge in [-0.2, -0.15) is 13.2 Å². The summed E-state index contributed by atoms with van der Waals surface area (Å²) in [5.41, 5.74) is -0.672. The highest BCUT2D eigenvalue weighted by Gasteiger charge is 2.30. The first-order chi connectivity index (χ1) is 13.6. The normalized spacial score (nSPS) is 11.3. The smallest absolute Gasteiger partial charge is 0.416 e. The molecule has 0 radical (unpaired) electrons. The summed E-state index contributed by atoms with van der Waals surface area (Å²) in [4.78, 5) is 33.5. The van der Waals surface area contributed by atoms with Crippen LogP contribution in [-0.4, -0.2) is 23.4 Å². The van der Waals surface area contributed by atoms with Gasteiger partial charge >= 0.3 is 12.1 Å². The molecule has 0 spiro atoms. The van der Waals surface area contributed by atoms with Crippen LogP contribution in [0, 0.1) is 10.1 Å². The largest absolute Gasteiger partial charge is 0.452 e. The third-order valence-electron chi connectivity index (χ3n) is 3.41. The summed E-state index contributed by atoms with van der Waals surface area (Å²) in [6.07, 6.45) is -2.48. The maximum Gasteiger partial charge on any atom is 0.416 e. The number of nitro benzene ring substituents is 1. The van der Waals surface area contributed by atoms with Crippen LogP contribution >= 0.6 is 15.9 Å². The predicted molar refractivity (Wildman–Crippen MR) is 101 cm³/mol. The van der Waals surface area contributed by atoms with Gasteiger partial charge in [0.05, 0.1) is 16.2 Å². The summed E-state index contributed by atoms with van der Waals surface area (Å²) in [6, 6.07) is 8.01. The second kappa shape index (κ2) is 9.32. The van der Waals surface area contributed by atoms with Crippen LogP contribution in [-0.2, 0) is 20.5 Å². The first-order valence-corrected chi connectivity index (χ1v) is 8.61. The Hall–Kier alpha value is -3.21. The average Bonchev–Trinajstić information content (AvgIpc) is 2.65. The molecule has 0 fully saturated rings. The maximum atomic E-state index is 12.6. The molecule has 0 bridgehead atoms. The van der Waals surface area contributed by atoms with Gasteiger partial charge in [0.15, 0.2) is 6.61 Å². The molecule has 152 valence electrons. The quantitative estimate of drug-likeness (QED) is 0.287. The number of carbonyl (C=O) groups excluding carboxylic acids is 2. The number of hydrogen-bond donors (Lipinski definition) is 1. The van der Waals surface area contributed by atoms with Crippen molar-refractivity contribution in [2.75, 3.05) is 11.9 Å². The van der Waals surface area contributed by atoms with Crippen LogP contribution in [0.25, 0.3) is 6.08 Å². The van der Waals surface area contributed by atoms with E-state index in [9.17, 15) is 32.9 Å². The third kappa shape index (κ3) is 6.71. The summed E-state index contributed by atoms with van der Waals surface area (Å²) < 4.78 is 42.9. The molecule has 0 aromatic heterocycles. The zero-order valence-electron chi connectivity index (χ0n) is 14.4. The summed E-state index contributed by atoms with van der Waals surface area (Å²) in [7, 11) is 0. The van der Waals surface area contributed by atoms with Crippen LogP contribution in [0.5, 0.6) is 0 Å². The predicted octanol–water partition coefficient (Wildman–Crippen LogP) is 4.57. The molecule has 0 saturated carbocycles. The van der Waals surface area contributed by atoms with Crippen LogP contribution in [0.15, 0.2) is 53.0 Å². The Morgan fingerprint density at radius 3 is 2.55 bits per heavy atom. The Morgan fingerprint density at radius 1 is 1.21 bits per heavy atom. The van der Waals surface area contributed by atoms with Crippen molar-refractivity contribution in [3.63, 3.8) is 0 Å². The highest BCUT2D eigenvalue weighted by Crippen LogP contribution is 2.30. The van der Waals surface area contributed by atoms with Gasteiger partial charge in [0, 0.05) is 22.7 Å². The number of non-ortho nitro benzene ring substituents is 1. The molecule has 2 aromatic carbocycles. The number of nitrogens with zero attached hydrogens (tertiary/aromatic N) is 1. The first kappa shape index (κ1) is 22.1. The van der Waals surface area contributed by atoms with Crippen molar-refractivity contribution in [2.24, 2.45) is 0 Å². The fraction of sp³-hybridized carbons (Fsp3) is 0.111. The standard InChI is InChI=1S/C18H12BrF3N2O5/c19-14-9-13(24(27)28)5-6-15(14)23-16(25)10-29-17(26)7-4-11-2-1-3-12(8-11)18(20,21)22/h1-9H,10H2,(H,23,25)/b7-4+.